The lowest BCUT2D eigenvalue weighted by molar-refractivity contribution is 0.276. The fourth-order valence-electron chi connectivity index (χ4n) is 1.26. The average molecular weight is 213 g/mol. The molecule has 0 aliphatic rings. The lowest BCUT2D eigenvalue weighted by Crippen LogP contribution is -2.23. The maximum absolute atomic E-state index is 8.83. The molecular formula is C10H19N3O2. The number of rotatable bonds is 6. The molecule has 1 aromatic heterocycles. The summed E-state index contributed by atoms with van der Waals surface area (Å²) in [7, 11) is 6.03. The smallest absolute Gasteiger partial charge is 0.297 e. The highest BCUT2D eigenvalue weighted by molar-refractivity contribution is 5.24. The minimum Gasteiger partial charge on any atom is -0.432 e. The maximum Gasteiger partial charge on any atom is 0.297 e. The maximum atomic E-state index is 8.83. The summed E-state index contributed by atoms with van der Waals surface area (Å²) < 4.78 is 5.22. The minimum absolute atomic E-state index is 0.0744. The van der Waals surface area contributed by atoms with Crippen LogP contribution in [0.3, 0.4) is 0 Å². The van der Waals surface area contributed by atoms with Crippen molar-refractivity contribution in [3.8, 4) is 0 Å². The molecule has 0 atom stereocenters. The van der Waals surface area contributed by atoms with Crippen LogP contribution in [0.15, 0.2) is 10.7 Å². The van der Waals surface area contributed by atoms with Crippen molar-refractivity contribution in [1.82, 2.24) is 9.88 Å². The van der Waals surface area contributed by atoms with E-state index in [1.165, 1.54) is 6.26 Å². The summed E-state index contributed by atoms with van der Waals surface area (Å²) in [4.78, 5) is 8.21. The second kappa shape index (κ2) is 5.72. The lowest BCUT2D eigenvalue weighted by atomic mass is 10.4. The van der Waals surface area contributed by atoms with Crippen LogP contribution in [0.4, 0.5) is 6.01 Å². The van der Waals surface area contributed by atoms with Gasteiger partial charge in [0.25, 0.3) is 6.01 Å². The highest BCUT2D eigenvalue weighted by Crippen LogP contribution is 2.11. The second-order valence-electron chi connectivity index (χ2n) is 3.86. The number of aliphatic hydroxyl groups excluding tert-OH is 1. The molecule has 0 aliphatic carbocycles. The molecule has 0 amide bonds. The first-order valence-electron chi connectivity index (χ1n) is 5.04. The first kappa shape index (κ1) is 12.0. The molecule has 1 N–H and O–H groups in total. The van der Waals surface area contributed by atoms with Gasteiger partial charge in [0.1, 0.15) is 12.0 Å². The van der Waals surface area contributed by atoms with Crippen molar-refractivity contribution in [3.63, 3.8) is 0 Å². The highest BCUT2D eigenvalue weighted by atomic mass is 16.4. The molecule has 0 fully saturated rings. The summed E-state index contributed by atoms with van der Waals surface area (Å²) >= 11 is 0. The van der Waals surface area contributed by atoms with Gasteiger partial charge < -0.3 is 19.3 Å². The molecule has 1 rings (SSSR count). The standard InChI is InChI=1S/C10H19N3O2/c1-12(2)5-4-6-13(3)10-11-9(7-14)8-15-10/h8,14H,4-7H2,1-3H3. The topological polar surface area (TPSA) is 52.7 Å². The first-order valence-corrected chi connectivity index (χ1v) is 5.04. The van der Waals surface area contributed by atoms with Crippen molar-refractivity contribution in [3.05, 3.63) is 12.0 Å². The summed E-state index contributed by atoms with van der Waals surface area (Å²) in [5.41, 5.74) is 0.574. The lowest BCUT2D eigenvalue weighted by Gasteiger charge is -2.15. The molecule has 1 heterocycles. The summed E-state index contributed by atoms with van der Waals surface area (Å²) in [6, 6.07) is 0.567. The van der Waals surface area contributed by atoms with Gasteiger partial charge in [-0.2, -0.15) is 4.98 Å². The average Bonchev–Trinajstić information content (AvgIpc) is 2.65. The molecule has 1 aromatic rings. The van der Waals surface area contributed by atoms with E-state index in [1.807, 2.05) is 11.9 Å². The largest absolute Gasteiger partial charge is 0.432 e. The number of hydrogen-bond acceptors (Lipinski definition) is 5. The van der Waals surface area contributed by atoms with E-state index >= 15 is 0 Å². The van der Waals surface area contributed by atoms with Crippen LogP contribution in [0.1, 0.15) is 12.1 Å². The van der Waals surface area contributed by atoms with Crippen LogP contribution >= 0.6 is 0 Å². The molecule has 0 radical (unpaired) electrons. The van der Waals surface area contributed by atoms with Crippen LogP contribution in [0.5, 0.6) is 0 Å². The molecular weight excluding hydrogens is 194 g/mol. The fourth-order valence-corrected chi connectivity index (χ4v) is 1.26. The van der Waals surface area contributed by atoms with Gasteiger partial charge in [0.15, 0.2) is 0 Å². The molecule has 0 aliphatic heterocycles. The summed E-state index contributed by atoms with van der Waals surface area (Å²) in [5.74, 6) is 0. The minimum atomic E-state index is -0.0744. The van der Waals surface area contributed by atoms with Crippen molar-refractivity contribution in [2.24, 2.45) is 0 Å². The Morgan fingerprint density at radius 3 is 2.60 bits per heavy atom. The number of nitrogens with zero attached hydrogens (tertiary/aromatic N) is 3. The third-order valence-electron chi connectivity index (χ3n) is 2.13. The van der Waals surface area contributed by atoms with E-state index in [2.05, 4.69) is 24.0 Å². The van der Waals surface area contributed by atoms with Crippen molar-refractivity contribution >= 4 is 6.01 Å². The van der Waals surface area contributed by atoms with E-state index < -0.39 is 0 Å². The van der Waals surface area contributed by atoms with Crippen LogP contribution in [0.25, 0.3) is 0 Å². The van der Waals surface area contributed by atoms with Crippen LogP contribution in [-0.2, 0) is 6.61 Å². The van der Waals surface area contributed by atoms with Crippen molar-refractivity contribution < 1.29 is 9.52 Å². The summed E-state index contributed by atoms with van der Waals surface area (Å²) in [6.45, 7) is 1.86. The van der Waals surface area contributed by atoms with Crippen LogP contribution in [0, 0.1) is 0 Å². The Balaban J connectivity index is 2.36. The Hall–Kier alpha value is -1.07. The molecule has 0 aromatic carbocycles. The SMILES string of the molecule is CN(C)CCCN(C)c1nc(CO)co1. The first-order chi connectivity index (χ1) is 7.13. The third kappa shape index (κ3) is 3.89. The monoisotopic (exact) mass is 213 g/mol. The number of aromatic nitrogens is 1. The fraction of sp³-hybridized carbons (Fsp3) is 0.700. The van der Waals surface area contributed by atoms with E-state index in [0.29, 0.717) is 11.7 Å². The zero-order chi connectivity index (χ0) is 11.3. The van der Waals surface area contributed by atoms with E-state index in [4.69, 9.17) is 9.52 Å². The van der Waals surface area contributed by atoms with E-state index in [9.17, 15) is 0 Å². The molecule has 86 valence electrons. The van der Waals surface area contributed by atoms with E-state index in [1.54, 1.807) is 0 Å². The Bertz CT molecular complexity index is 286. The van der Waals surface area contributed by atoms with Gasteiger partial charge in [-0.3, -0.25) is 0 Å². The summed E-state index contributed by atoms with van der Waals surface area (Å²) in [6.07, 6.45) is 2.54. The number of anilines is 1. The Labute approximate surface area is 90.3 Å². The Morgan fingerprint density at radius 2 is 2.07 bits per heavy atom. The van der Waals surface area contributed by atoms with Crippen molar-refractivity contribution in [2.45, 2.75) is 13.0 Å². The van der Waals surface area contributed by atoms with E-state index in [-0.39, 0.29) is 6.61 Å². The van der Waals surface area contributed by atoms with Gasteiger partial charge in [0.2, 0.25) is 0 Å². The van der Waals surface area contributed by atoms with Crippen molar-refractivity contribution in [2.75, 3.05) is 39.1 Å². The molecule has 15 heavy (non-hydrogen) atoms. The number of aliphatic hydroxyl groups is 1. The van der Waals surface area contributed by atoms with Gasteiger partial charge in [-0.05, 0) is 27.1 Å². The molecule has 5 nitrogen and oxygen atoms in total. The van der Waals surface area contributed by atoms with Gasteiger partial charge >= 0.3 is 0 Å². The van der Waals surface area contributed by atoms with Gasteiger partial charge in [-0.1, -0.05) is 0 Å². The predicted molar refractivity (Wildman–Crippen MR) is 58.9 cm³/mol. The molecule has 0 bridgehead atoms. The molecule has 0 unspecified atom stereocenters. The molecule has 5 heteroatoms. The van der Waals surface area contributed by atoms with Gasteiger partial charge in [0.05, 0.1) is 6.61 Å². The second-order valence-corrected chi connectivity index (χ2v) is 3.86. The zero-order valence-corrected chi connectivity index (χ0v) is 9.60. The molecule has 0 saturated carbocycles. The Morgan fingerprint density at radius 1 is 1.33 bits per heavy atom. The van der Waals surface area contributed by atoms with E-state index in [0.717, 1.165) is 19.5 Å². The van der Waals surface area contributed by atoms with Crippen LogP contribution in [-0.4, -0.2) is 49.2 Å². The Kier molecular flexibility index (Phi) is 4.58. The third-order valence-corrected chi connectivity index (χ3v) is 2.13. The van der Waals surface area contributed by atoms with Crippen molar-refractivity contribution in [1.29, 1.82) is 0 Å². The van der Waals surface area contributed by atoms with Gasteiger partial charge in [-0.15, -0.1) is 0 Å². The molecule has 0 saturated heterocycles. The zero-order valence-electron chi connectivity index (χ0n) is 9.60. The molecule has 0 spiro atoms. The van der Waals surface area contributed by atoms with Gasteiger partial charge in [-0.25, -0.2) is 0 Å². The van der Waals surface area contributed by atoms with Crippen LogP contribution in [0.2, 0.25) is 0 Å². The number of hydrogen-bond donors (Lipinski definition) is 1. The summed E-state index contributed by atoms with van der Waals surface area (Å²) in [5, 5.41) is 8.83. The normalized spacial score (nSPS) is 11.0. The van der Waals surface area contributed by atoms with Crippen LogP contribution < -0.4 is 4.90 Å². The quantitative estimate of drug-likeness (QED) is 0.748. The predicted octanol–water partition coefficient (Wildman–Crippen LogP) is 0.555. The highest BCUT2D eigenvalue weighted by Gasteiger charge is 2.07. The number of oxazole rings is 1. The van der Waals surface area contributed by atoms with Gasteiger partial charge in [0, 0.05) is 13.6 Å².